The van der Waals surface area contributed by atoms with Crippen LogP contribution in [-0.4, -0.2) is 42.7 Å². The van der Waals surface area contributed by atoms with Crippen molar-refractivity contribution in [2.24, 2.45) is 11.8 Å². The minimum absolute atomic E-state index is 0. The predicted octanol–water partition coefficient (Wildman–Crippen LogP) is 3.81. The molecule has 2 fully saturated rings. The molecule has 1 aromatic carbocycles. The second kappa shape index (κ2) is 9.30. The molecule has 0 aromatic heterocycles. The van der Waals surface area contributed by atoms with Crippen LogP contribution < -0.4 is 5.32 Å². The molecule has 2 saturated heterocycles. The molecule has 1 N–H and O–H groups in total. The molecule has 0 bridgehead atoms. The lowest BCUT2D eigenvalue weighted by Crippen LogP contribution is -2.32. The molecule has 0 spiro atoms. The SMILES string of the molecule is Cl.O=C(CCSc1ccccc1Br)N1CC[C@@H]2CNC[C@@H]2CC1. The molecule has 3 nitrogen and oxygen atoms in total. The topological polar surface area (TPSA) is 32.3 Å². The Morgan fingerprint density at radius 3 is 2.52 bits per heavy atom. The van der Waals surface area contributed by atoms with Crippen molar-refractivity contribution in [1.29, 1.82) is 0 Å². The lowest BCUT2D eigenvalue weighted by atomic mass is 9.92. The molecule has 128 valence electrons. The first-order chi connectivity index (χ1) is 10.7. The Kier molecular flexibility index (Phi) is 7.73. The van der Waals surface area contributed by atoms with Crippen molar-refractivity contribution in [1.82, 2.24) is 10.2 Å². The van der Waals surface area contributed by atoms with E-state index in [0.717, 1.165) is 48.2 Å². The fourth-order valence-electron chi connectivity index (χ4n) is 3.44. The van der Waals surface area contributed by atoms with Crippen molar-refractivity contribution >= 4 is 46.0 Å². The maximum Gasteiger partial charge on any atom is 0.223 e. The summed E-state index contributed by atoms with van der Waals surface area (Å²) in [5.41, 5.74) is 0. The van der Waals surface area contributed by atoms with Gasteiger partial charge in [0.2, 0.25) is 5.91 Å². The third-order valence-corrected chi connectivity index (χ3v) is 6.81. The molecule has 0 saturated carbocycles. The van der Waals surface area contributed by atoms with E-state index in [2.05, 4.69) is 32.2 Å². The Balaban J connectivity index is 0.00000192. The summed E-state index contributed by atoms with van der Waals surface area (Å²) in [5.74, 6) is 2.75. The molecule has 0 unspecified atom stereocenters. The van der Waals surface area contributed by atoms with Crippen LogP contribution >= 0.6 is 40.1 Å². The van der Waals surface area contributed by atoms with Gasteiger partial charge in [-0.1, -0.05) is 12.1 Å². The quantitative estimate of drug-likeness (QED) is 0.753. The van der Waals surface area contributed by atoms with Crippen molar-refractivity contribution in [3.05, 3.63) is 28.7 Å². The lowest BCUT2D eigenvalue weighted by Gasteiger charge is -2.21. The van der Waals surface area contributed by atoms with Gasteiger partial charge in [0.25, 0.3) is 0 Å². The first kappa shape index (κ1) is 19.1. The summed E-state index contributed by atoms with van der Waals surface area (Å²) in [6.45, 7) is 4.18. The van der Waals surface area contributed by atoms with E-state index >= 15 is 0 Å². The maximum atomic E-state index is 12.4. The zero-order valence-corrected chi connectivity index (χ0v) is 16.4. The van der Waals surface area contributed by atoms with E-state index in [4.69, 9.17) is 0 Å². The second-order valence-corrected chi connectivity index (χ2v) is 8.16. The highest BCUT2D eigenvalue weighted by Crippen LogP contribution is 2.29. The highest BCUT2D eigenvalue weighted by atomic mass is 79.9. The molecular weight excluding hydrogens is 396 g/mol. The number of fused-ring (bicyclic) bond motifs is 1. The summed E-state index contributed by atoms with van der Waals surface area (Å²) >= 11 is 5.31. The Hall–Kier alpha value is -0.230. The number of thioether (sulfide) groups is 1. The Morgan fingerprint density at radius 1 is 1.22 bits per heavy atom. The van der Waals surface area contributed by atoms with Crippen LogP contribution in [0.3, 0.4) is 0 Å². The van der Waals surface area contributed by atoms with Gasteiger partial charge in [-0.3, -0.25) is 4.79 Å². The summed E-state index contributed by atoms with van der Waals surface area (Å²) < 4.78 is 1.11. The van der Waals surface area contributed by atoms with Gasteiger partial charge < -0.3 is 10.2 Å². The molecule has 0 radical (unpaired) electrons. The van der Waals surface area contributed by atoms with Gasteiger partial charge in [0.1, 0.15) is 0 Å². The summed E-state index contributed by atoms with van der Waals surface area (Å²) in [5, 5.41) is 3.48. The van der Waals surface area contributed by atoms with Gasteiger partial charge in [0.15, 0.2) is 0 Å². The first-order valence-electron chi connectivity index (χ1n) is 8.10. The van der Waals surface area contributed by atoms with Gasteiger partial charge in [-0.05, 0) is 65.8 Å². The number of hydrogen-bond donors (Lipinski definition) is 1. The Morgan fingerprint density at radius 2 is 1.87 bits per heavy atom. The molecule has 1 amide bonds. The second-order valence-electron chi connectivity index (χ2n) is 6.17. The highest BCUT2D eigenvalue weighted by Gasteiger charge is 2.31. The third kappa shape index (κ3) is 5.12. The Bertz CT molecular complexity index is 517. The summed E-state index contributed by atoms with van der Waals surface area (Å²) in [6.07, 6.45) is 2.97. The number of hydrogen-bond acceptors (Lipinski definition) is 3. The molecule has 0 aliphatic carbocycles. The van der Waals surface area contributed by atoms with Gasteiger partial charge in [0.05, 0.1) is 0 Å². The number of carbonyl (C=O) groups is 1. The van der Waals surface area contributed by atoms with Crippen LogP contribution in [-0.2, 0) is 4.79 Å². The fourth-order valence-corrected chi connectivity index (χ4v) is 4.94. The first-order valence-corrected chi connectivity index (χ1v) is 9.87. The monoisotopic (exact) mass is 418 g/mol. The molecule has 2 atom stereocenters. The van der Waals surface area contributed by atoms with E-state index in [0.29, 0.717) is 12.3 Å². The van der Waals surface area contributed by atoms with Crippen LogP contribution in [0.15, 0.2) is 33.6 Å². The summed E-state index contributed by atoms with van der Waals surface area (Å²) in [6, 6.07) is 8.20. The van der Waals surface area contributed by atoms with Crippen molar-refractivity contribution in [3.63, 3.8) is 0 Å². The number of nitrogens with zero attached hydrogens (tertiary/aromatic N) is 1. The standard InChI is InChI=1S/C17H23BrN2OS.ClH/c18-15-3-1-2-4-16(15)22-10-7-17(21)20-8-5-13-11-19-12-14(13)6-9-20;/h1-4,13-14,19H,5-12H2;1H/t13-,14+;. The van der Waals surface area contributed by atoms with E-state index in [1.807, 2.05) is 18.2 Å². The average molecular weight is 420 g/mol. The number of carbonyl (C=O) groups excluding carboxylic acids is 1. The van der Waals surface area contributed by atoms with Crippen molar-refractivity contribution in [3.8, 4) is 0 Å². The molecule has 1 aromatic rings. The molecular formula is C17H24BrClN2OS. The van der Waals surface area contributed by atoms with E-state index < -0.39 is 0 Å². The van der Waals surface area contributed by atoms with E-state index in [1.165, 1.54) is 17.7 Å². The third-order valence-electron chi connectivity index (χ3n) is 4.78. The number of benzene rings is 1. The van der Waals surface area contributed by atoms with Crippen molar-refractivity contribution in [2.45, 2.75) is 24.2 Å². The fraction of sp³-hybridized carbons (Fsp3) is 0.588. The molecule has 3 rings (SSSR count). The van der Waals surface area contributed by atoms with Crippen LogP contribution in [0.4, 0.5) is 0 Å². The summed E-state index contributed by atoms with van der Waals surface area (Å²) in [4.78, 5) is 15.7. The number of rotatable bonds is 4. The number of likely N-dealkylation sites (tertiary alicyclic amines) is 1. The molecule has 2 aliphatic heterocycles. The van der Waals surface area contributed by atoms with Gasteiger partial charge in [0, 0.05) is 34.6 Å². The molecule has 6 heteroatoms. The normalized spacial score (nSPS) is 23.8. The number of halogens is 2. The summed E-state index contributed by atoms with van der Waals surface area (Å²) in [7, 11) is 0. The minimum atomic E-state index is 0. The van der Waals surface area contributed by atoms with E-state index in [9.17, 15) is 4.79 Å². The van der Waals surface area contributed by atoms with Crippen LogP contribution in [0.1, 0.15) is 19.3 Å². The van der Waals surface area contributed by atoms with E-state index in [1.54, 1.807) is 11.8 Å². The van der Waals surface area contributed by atoms with Crippen molar-refractivity contribution < 1.29 is 4.79 Å². The lowest BCUT2D eigenvalue weighted by molar-refractivity contribution is -0.130. The minimum Gasteiger partial charge on any atom is -0.343 e. The molecule has 2 heterocycles. The van der Waals surface area contributed by atoms with Crippen LogP contribution in [0.5, 0.6) is 0 Å². The highest BCUT2D eigenvalue weighted by molar-refractivity contribution is 9.10. The van der Waals surface area contributed by atoms with Gasteiger partial charge >= 0.3 is 0 Å². The zero-order chi connectivity index (χ0) is 15.4. The van der Waals surface area contributed by atoms with Crippen LogP contribution in [0.25, 0.3) is 0 Å². The maximum absolute atomic E-state index is 12.4. The molecule has 23 heavy (non-hydrogen) atoms. The number of nitrogens with one attached hydrogen (secondary N) is 1. The van der Waals surface area contributed by atoms with Crippen LogP contribution in [0.2, 0.25) is 0 Å². The smallest absolute Gasteiger partial charge is 0.223 e. The average Bonchev–Trinajstić information content (AvgIpc) is 2.87. The Labute approximate surface area is 157 Å². The van der Waals surface area contributed by atoms with E-state index in [-0.39, 0.29) is 12.4 Å². The molecule has 2 aliphatic rings. The van der Waals surface area contributed by atoms with Crippen molar-refractivity contribution in [2.75, 3.05) is 31.9 Å². The van der Waals surface area contributed by atoms with Crippen LogP contribution in [0, 0.1) is 11.8 Å². The largest absolute Gasteiger partial charge is 0.343 e. The zero-order valence-electron chi connectivity index (χ0n) is 13.2. The van der Waals surface area contributed by atoms with Gasteiger partial charge in [-0.25, -0.2) is 0 Å². The van der Waals surface area contributed by atoms with Gasteiger partial charge in [-0.15, -0.1) is 24.2 Å². The number of amides is 1. The van der Waals surface area contributed by atoms with Gasteiger partial charge in [-0.2, -0.15) is 0 Å². The predicted molar refractivity (Wildman–Crippen MR) is 102 cm³/mol.